The molecule has 0 spiro atoms. The lowest BCUT2D eigenvalue weighted by atomic mass is 10.2. The van der Waals surface area contributed by atoms with Gasteiger partial charge in [-0.25, -0.2) is 0 Å². The largest absolute Gasteiger partial charge is 0.490 e. The summed E-state index contributed by atoms with van der Waals surface area (Å²) in [6.07, 6.45) is 2.72. The molecule has 1 amide bonds. The lowest BCUT2D eigenvalue weighted by Gasteiger charge is -2.05. The Hall–Kier alpha value is -3.29. The number of hydrogen-bond donors (Lipinski definition) is 1. The van der Waals surface area contributed by atoms with Gasteiger partial charge in [0.15, 0.2) is 5.75 Å². The van der Waals surface area contributed by atoms with Gasteiger partial charge >= 0.3 is 5.69 Å². The molecule has 0 aliphatic heterocycles. The lowest BCUT2D eigenvalue weighted by molar-refractivity contribution is -0.385. The molecule has 29 heavy (non-hydrogen) atoms. The molecule has 0 saturated heterocycles. The van der Waals surface area contributed by atoms with Crippen molar-refractivity contribution < 1.29 is 18.9 Å². The average Bonchev–Trinajstić information content (AvgIpc) is 3.15. The third-order valence-corrected chi connectivity index (χ3v) is 4.41. The first-order valence-electron chi connectivity index (χ1n) is 8.24. The van der Waals surface area contributed by atoms with Crippen LogP contribution in [0.2, 0.25) is 10.0 Å². The number of nitrogens with one attached hydrogen (secondary N) is 1. The van der Waals surface area contributed by atoms with E-state index in [2.05, 4.69) is 5.32 Å². The van der Waals surface area contributed by atoms with E-state index in [0.29, 0.717) is 27.1 Å². The molecular weight excluding hydrogens is 419 g/mol. The topological polar surface area (TPSA) is 94.6 Å². The highest BCUT2D eigenvalue weighted by Gasteiger charge is 2.15. The van der Waals surface area contributed by atoms with Crippen LogP contribution in [0, 0.1) is 10.1 Å². The Balaban J connectivity index is 1.71. The van der Waals surface area contributed by atoms with Crippen LogP contribution in [0.1, 0.15) is 5.76 Å². The van der Waals surface area contributed by atoms with E-state index < -0.39 is 10.8 Å². The van der Waals surface area contributed by atoms with Gasteiger partial charge in [-0.15, -0.1) is 0 Å². The van der Waals surface area contributed by atoms with Crippen molar-refractivity contribution in [3.63, 3.8) is 0 Å². The monoisotopic (exact) mass is 432 g/mol. The minimum absolute atomic E-state index is 0.104. The van der Waals surface area contributed by atoms with E-state index in [1.807, 2.05) is 0 Å². The number of anilines is 1. The van der Waals surface area contributed by atoms with Gasteiger partial charge in [0.25, 0.3) is 0 Å². The van der Waals surface area contributed by atoms with Crippen LogP contribution in [0.25, 0.3) is 17.4 Å². The summed E-state index contributed by atoms with van der Waals surface area (Å²) in [6.45, 7) is 0. The Morgan fingerprint density at radius 3 is 2.66 bits per heavy atom. The van der Waals surface area contributed by atoms with Crippen molar-refractivity contribution in [1.82, 2.24) is 0 Å². The van der Waals surface area contributed by atoms with Gasteiger partial charge in [-0.05, 0) is 48.5 Å². The zero-order valence-corrected chi connectivity index (χ0v) is 16.5. The predicted molar refractivity (Wildman–Crippen MR) is 111 cm³/mol. The Kier molecular flexibility index (Phi) is 6.21. The fourth-order valence-corrected chi connectivity index (χ4v) is 3.03. The first-order valence-corrected chi connectivity index (χ1v) is 8.99. The molecule has 1 aromatic heterocycles. The van der Waals surface area contributed by atoms with E-state index in [1.165, 1.54) is 37.5 Å². The summed E-state index contributed by atoms with van der Waals surface area (Å²) >= 11 is 12.1. The molecule has 3 rings (SSSR count). The number of nitro groups is 1. The standard InChI is InChI=1S/C20H14Cl2N2O5/c1-28-19-7-3-13(11-17(19)24(26)27)23-20(25)9-5-14-4-8-18(29-14)15-6-2-12(21)10-16(15)22/h2-11H,1H3,(H,23,25)/b9-5+. The molecule has 7 nitrogen and oxygen atoms in total. The zero-order chi connectivity index (χ0) is 21.0. The summed E-state index contributed by atoms with van der Waals surface area (Å²) in [4.78, 5) is 22.6. The lowest BCUT2D eigenvalue weighted by Crippen LogP contribution is -2.08. The highest BCUT2D eigenvalue weighted by molar-refractivity contribution is 6.36. The molecule has 0 unspecified atom stereocenters. The molecule has 0 saturated carbocycles. The van der Waals surface area contributed by atoms with E-state index >= 15 is 0 Å². The number of amides is 1. The maximum atomic E-state index is 12.1. The number of rotatable bonds is 6. The number of carbonyl (C=O) groups excluding carboxylic acids is 1. The fraction of sp³-hybridized carbons (Fsp3) is 0.0500. The second kappa shape index (κ2) is 8.81. The molecule has 0 bridgehead atoms. The molecule has 1 N–H and O–H groups in total. The van der Waals surface area contributed by atoms with E-state index in [4.69, 9.17) is 32.4 Å². The van der Waals surface area contributed by atoms with E-state index in [1.54, 1.807) is 30.3 Å². The molecule has 0 atom stereocenters. The smallest absolute Gasteiger partial charge is 0.312 e. The van der Waals surface area contributed by atoms with E-state index in [0.717, 1.165) is 0 Å². The molecule has 9 heteroatoms. The number of methoxy groups -OCH3 is 1. The van der Waals surface area contributed by atoms with Crippen LogP contribution in [-0.2, 0) is 4.79 Å². The van der Waals surface area contributed by atoms with Crippen molar-refractivity contribution in [2.45, 2.75) is 0 Å². The van der Waals surface area contributed by atoms with Gasteiger partial charge in [0.2, 0.25) is 5.91 Å². The minimum Gasteiger partial charge on any atom is -0.490 e. The summed E-state index contributed by atoms with van der Waals surface area (Å²) in [7, 11) is 1.33. The van der Waals surface area contributed by atoms with E-state index in [9.17, 15) is 14.9 Å². The number of hydrogen-bond acceptors (Lipinski definition) is 5. The van der Waals surface area contributed by atoms with Crippen molar-refractivity contribution in [3.8, 4) is 17.1 Å². The molecule has 0 radical (unpaired) electrons. The second-order valence-electron chi connectivity index (χ2n) is 5.79. The van der Waals surface area contributed by atoms with Crippen molar-refractivity contribution >= 4 is 46.6 Å². The Bertz CT molecular complexity index is 1110. The molecular formula is C20H14Cl2N2O5. The fourth-order valence-electron chi connectivity index (χ4n) is 2.53. The number of benzene rings is 2. The molecule has 0 fully saturated rings. The molecule has 0 aliphatic rings. The van der Waals surface area contributed by atoms with Gasteiger partial charge in [0, 0.05) is 28.4 Å². The van der Waals surface area contributed by atoms with E-state index in [-0.39, 0.29) is 17.1 Å². The second-order valence-corrected chi connectivity index (χ2v) is 6.64. The van der Waals surface area contributed by atoms with Crippen LogP contribution >= 0.6 is 23.2 Å². The molecule has 148 valence electrons. The maximum absolute atomic E-state index is 12.1. The van der Waals surface area contributed by atoms with Gasteiger partial charge in [-0.1, -0.05) is 23.2 Å². The molecule has 2 aromatic carbocycles. The van der Waals surface area contributed by atoms with Crippen molar-refractivity contribution in [2.75, 3.05) is 12.4 Å². The number of nitrogens with zero attached hydrogens (tertiary/aromatic N) is 1. The number of ether oxygens (including phenoxy) is 1. The Labute approximate surface area is 175 Å². The normalized spacial score (nSPS) is 10.9. The Morgan fingerprint density at radius 1 is 1.17 bits per heavy atom. The molecule has 0 aliphatic carbocycles. The first kappa shape index (κ1) is 20.4. The third kappa shape index (κ3) is 4.96. The minimum atomic E-state index is -0.587. The number of furan rings is 1. The Morgan fingerprint density at radius 2 is 1.97 bits per heavy atom. The van der Waals surface area contributed by atoms with Crippen LogP contribution in [0.15, 0.2) is 59.0 Å². The predicted octanol–water partition coefficient (Wildman–Crippen LogP) is 5.82. The van der Waals surface area contributed by atoms with Gasteiger partial charge in [-0.2, -0.15) is 0 Å². The van der Waals surface area contributed by atoms with Gasteiger partial charge in [0.1, 0.15) is 11.5 Å². The van der Waals surface area contributed by atoms with Crippen LogP contribution in [0.5, 0.6) is 5.75 Å². The third-order valence-electron chi connectivity index (χ3n) is 3.87. The summed E-state index contributed by atoms with van der Waals surface area (Å²) in [5.41, 5.74) is 0.690. The van der Waals surface area contributed by atoms with Crippen molar-refractivity contribution in [2.24, 2.45) is 0 Å². The highest BCUT2D eigenvalue weighted by Crippen LogP contribution is 2.32. The first-order chi connectivity index (χ1) is 13.9. The van der Waals surface area contributed by atoms with Crippen molar-refractivity contribution in [1.29, 1.82) is 0 Å². The van der Waals surface area contributed by atoms with Crippen LogP contribution in [0.3, 0.4) is 0 Å². The summed E-state index contributed by atoms with van der Waals surface area (Å²) in [5.74, 6) is 0.582. The SMILES string of the molecule is COc1ccc(NC(=O)/C=C/c2ccc(-c3ccc(Cl)cc3Cl)o2)cc1[N+](=O)[O-]. The van der Waals surface area contributed by atoms with Crippen LogP contribution < -0.4 is 10.1 Å². The maximum Gasteiger partial charge on any atom is 0.312 e. The molecule has 1 heterocycles. The number of carbonyl (C=O) groups is 1. The van der Waals surface area contributed by atoms with Gasteiger partial charge in [-0.3, -0.25) is 14.9 Å². The van der Waals surface area contributed by atoms with Crippen molar-refractivity contribution in [3.05, 3.63) is 80.5 Å². The number of nitro benzene ring substituents is 1. The summed E-state index contributed by atoms with van der Waals surface area (Å²) < 4.78 is 10.6. The van der Waals surface area contributed by atoms with Crippen LogP contribution in [0.4, 0.5) is 11.4 Å². The summed E-state index contributed by atoms with van der Waals surface area (Å²) in [5, 5.41) is 14.6. The summed E-state index contributed by atoms with van der Waals surface area (Å²) in [6, 6.07) is 12.6. The van der Waals surface area contributed by atoms with Gasteiger partial charge < -0.3 is 14.5 Å². The van der Waals surface area contributed by atoms with Crippen LogP contribution in [-0.4, -0.2) is 17.9 Å². The average molecular weight is 433 g/mol. The molecule has 3 aromatic rings. The van der Waals surface area contributed by atoms with Gasteiger partial charge in [0.05, 0.1) is 17.1 Å². The quantitative estimate of drug-likeness (QED) is 0.300. The zero-order valence-electron chi connectivity index (χ0n) is 15.0. The number of halogens is 2. The highest BCUT2D eigenvalue weighted by atomic mass is 35.5.